The van der Waals surface area contributed by atoms with E-state index in [4.69, 9.17) is 0 Å². The van der Waals surface area contributed by atoms with Gasteiger partial charge in [0, 0.05) is 18.3 Å². The lowest BCUT2D eigenvalue weighted by Crippen LogP contribution is -3.15. The van der Waals surface area contributed by atoms with E-state index in [-0.39, 0.29) is 6.10 Å². The standard InChI is InChI=1S/C21H37NO2/c1-14(24)16-5-6-17-15-4-7-19-21(3,10-11-22(19)12-13-23)18(15)8-9-20(16,17)2/h14-19,23-24H,4-13H2,1-3H3/p+1/t14-,15-,16-,17-,18-,19+,20-,21-/m1/s1. The Morgan fingerprint density at radius 2 is 1.75 bits per heavy atom. The molecule has 0 aromatic heterocycles. The Kier molecular flexibility index (Phi) is 4.29. The molecule has 138 valence electrons. The summed E-state index contributed by atoms with van der Waals surface area (Å²) in [6.45, 7) is 9.67. The van der Waals surface area contributed by atoms with Crippen molar-refractivity contribution in [2.75, 3.05) is 19.7 Å². The summed E-state index contributed by atoms with van der Waals surface area (Å²) in [6.07, 6.45) is 9.26. The van der Waals surface area contributed by atoms with Crippen LogP contribution in [0.5, 0.6) is 0 Å². The van der Waals surface area contributed by atoms with Gasteiger partial charge in [-0.25, -0.2) is 0 Å². The molecule has 0 radical (unpaired) electrons. The third kappa shape index (κ3) is 2.27. The number of rotatable bonds is 3. The van der Waals surface area contributed by atoms with Gasteiger partial charge in [0.2, 0.25) is 0 Å². The number of fused-ring (bicyclic) bond motifs is 5. The molecule has 0 spiro atoms. The van der Waals surface area contributed by atoms with Crippen molar-refractivity contribution < 1.29 is 15.1 Å². The van der Waals surface area contributed by atoms with Crippen molar-refractivity contribution in [2.24, 2.45) is 34.5 Å². The molecule has 3 nitrogen and oxygen atoms in total. The molecule has 1 saturated heterocycles. The van der Waals surface area contributed by atoms with Crippen LogP contribution in [-0.2, 0) is 0 Å². The number of nitrogens with one attached hydrogen (secondary N) is 1. The lowest BCUT2D eigenvalue weighted by Gasteiger charge is -2.57. The highest BCUT2D eigenvalue weighted by atomic mass is 16.3. The first-order chi connectivity index (χ1) is 11.4. The Morgan fingerprint density at radius 1 is 1.00 bits per heavy atom. The molecule has 1 unspecified atom stereocenters. The van der Waals surface area contributed by atoms with Gasteiger partial charge in [-0.15, -0.1) is 0 Å². The van der Waals surface area contributed by atoms with Crippen LogP contribution in [0.1, 0.15) is 65.7 Å². The fourth-order valence-electron chi connectivity index (χ4n) is 8.37. The number of quaternary nitrogens is 1. The van der Waals surface area contributed by atoms with Gasteiger partial charge >= 0.3 is 0 Å². The molecule has 0 bridgehead atoms. The molecule has 4 aliphatic rings. The number of aliphatic hydroxyl groups is 2. The van der Waals surface area contributed by atoms with Crippen LogP contribution < -0.4 is 4.90 Å². The maximum Gasteiger partial charge on any atom is 0.101 e. The zero-order valence-corrected chi connectivity index (χ0v) is 15.9. The fraction of sp³-hybridized carbons (Fsp3) is 1.00. The molecular weight excluding hydrogens is 298 g/mol. The molecule has 1 aliphatic heterocycles. The Bertz CT molecular complexity index is 480. The van der Waals surface area contributed by atoms with Gasteiger partial charge in [0.05, 0.1) is 25.3 Å². The number of hydrogen-bond donors (Lipinski definition) is 3. The van der Waals surface area contributed by atoms with Gasteiger partial charge in [0.15, 0.2) is 0 Å². The van der Waals surface area contributed by atoms with Crippen molar-refractivity contribution in [3.8, 4) is 0 Å². The summed E-state index contributed by atoms with van der Waals surface area (Å²) < 4.78 is 0. The van der Waals surface area contributed by atoms with Gasteiger partial charge in [0.25, 0.3) is 0 Å². The molecule has 0 amide bonds. The Balaban J connectivity index is 1.58. The van der Waals surface area contributed by atoms with Crippen molar-refractivity contribution in [1.82, 2.24) is 0 Å². The van der Waals surface area contributed by atoms with Crippen molar-refractivity contribution in [1.29, 1.82) is 0 Å². The van der Waals surface area contributed by atoms with Gasteiger partial charge < -0.3 is 15.1 Å². The lowest BCUT2D eigenvalue weighted by molar-refractivity contribution is -0.918. The van der Waals surface area contributed by atoms with Gasteiger partial charge in [-0.3, -0.25) is 0 Å². The second kappa shape index (κ2) is 5.96. The highest BCUT2D eigenvalue weighted by Crippen LogP contribution is 2.65. The van der Waals surface area contributed by atoms with Crippen molar-refractivity contribution in [3.63, 3.8) is 0 Å². The normalized spacial score (nSPS) is 54.9. The van der Waals surface area contributed by atoms with Crippen LogP contribution >= 0.6 is 0 Å². The molecule has 4 rings (SSSR count). The molecule has 24 heavy (non-hydrogen) atoms. The van der Waals surface area contributed by atoms with Gasteiger partial charge in [-0.2, -0.15) is 0 Å². The topological polar surface area (TPSA) is 44.9 Å². The molecule has 0 aromatic rings. The molecule has 0 aromatic carbocycles. The second-order valence-electron chi connectivity index (χ2n) is 10.1. The largest absolute Gasteiger partial charge is 0.393 e. The van der Waals surface area contributed by atoms with E-state index in [1.165, 1.54) is 51.5 Å². The van der Waals surface area contributed by atoms with Crippen molar-refractivity contribution in [2.45, 2.75) is 77.9 Å². The van der Waals surface area contributed by atoms with Crippen LogP contribution in [0.15, 0.2) is 0 Å². The maximum atomic E-state index is 10.3. The van der Waals surface area contributed by atoms with Crippen molar-refractivity contribution >= 4 is 0 Å². The zero-order chi connectivity index (χ0) is 17.1. The van der Waals surface area contributed by atoms with Crippen LogP contribution in [0, 0.1) is 34.5 Å². The molecular formula is C21H38NO2+. The first-order valence-electron chi connectivity index (χ1n) is 10.6. The third-order valence-corrected chi connectivity index (χ3v) is 9.44. The molecule has 9 atom stereocenters. The van der Waals surface area contributed by atoms with E-state index in [9.17, 15) is 10.2 Å². The van der Waals surface area contributed by atoms with Gasteiger partial charge in [-0.05, 0) is 68.1 Å². The van der Waals surface area contributed by atoms with Crippen LogP contribution in [0.3, 0.4) is 0 Å². The van der Waals surface area contributed by atoms with E-state index in [2.05, 4.69) is 13.8 Å². The second-order valence-corrected chi connectivity index (χ2v) is 10.1. The molecule has 3 saturated carbocycles. The fourth-order valence-corrected chi connectivity index (χ4v) is 8.37. The average Bonchev–Trinajstić information content (AvgIpc) is 3.05. The minimum absolute atomic E-state index is 0.139. The summed E-state index contributed by atoms with van der Waals surface area (Å²) in [5.74, 6) is 3.14. The van der Waals surface area contributed by atoms with Gasteiger partial charge in [-0.1, -0.05) is 13.8 Å². The number of likely N-dealkylation sites (tertiary alicyclic amines) is 1. The summed E-state index contributed by atoms with van der Waals surface area (Å²) in [4.78, 5) is 1.68. The smallest absolute Gasteiger partial charge is 0.101 e. The highest BCUT2D eigenvalue weighted by molar-refractivity contribution is 5.09. The number of hydrogen-bond acceptors (Lipinski definition) is 2. The van der Waals surface area contributed by atoms with E-state index in [0.717, 1.165) is 30.3 Å². The summed E-state index contributed by atoms with van der Waals surface area (Å²) in [5, 5.41) is 19.7. The summed E-state index contributed by atoms with van der Waals surface area (Å²) in [6, 6.07) is 0.782. The number of aliphatic hydroxyl groups excluding tert-OH is 2. The zero-order valence-electron chi connectivity index (χ0n) is 15.9. The highest BCUT2D eigenvalue weighted by Gasteiger charge is 2.63. The molecule has 1 heterocycles. The Labute approximate surface area is 147 Å². The lowest BCUT2D eigenvalue weighted by atomic mass is 9.48. The van der Waals surface area contributed by atoms with E-state index in [1.54, 1.807) is 4.90 Å². The van der Waals surface area contributed by atoms with Gasteiger partial charge in [0.1, 0.15) is 6.54 Å². The molecule has 3 N–H and O–H groups in total. The first-order valence-corrected chi connectivity index (χ1v) is 10.6. The Hall–Kier alpha value is -0.120. The van der Waals surface area contributed by atoms with Crippen molar-refractivity contribution in [3.05, 3.63) is 0 Å². The summed E-state index contributed by atoms with van der Waals surface area (Å²) in [7, 11) is 0. The minimum Gasteiger partial charge on any atom is -0.393 e. The molecule has 4 fully saturated rings. The predicted molar refractivity (Wildman–Crippen MR) is 95.7 cm³/mol. The SMILES string of the molecule is C[C@@H](O)[C@H]1CC[C@@H]2[C@H]3CC[C@@H]4[NH+](CCO)CC[C@]4(C)[C@@H]3CC[C@@]21C. The monoisotopic (exact) mass is 336 g/mol. The van der Waals surface area contributed by atoms with Crippen LogP contribution in [-0.4, -0.2) is 42.1 Å². The van der Waals surface area contributed by atoms with Crippen LogP contribution in [0.25, 0.3) is 0 Å². The Morgan fingerprint density at radius 3 is 2.46 bits per heavy atom. The maximum absolute atomic E-state index is 10.3. The third-order valence-electron chi connectivity index (χ3n) is 9.44. The van der Waals surface area contributed by atoms with E-state index < -0.39 is 0 Å². The quantitative estimate of drug-likeness (QED) is 0.737. The van der Waals surface area contributed by atoms with E-state index in [1.807, 2.05) is 6.92 Å². The van der Waals surface area contributed by atoms with E-state index >= 15 is 0 Å². The summed E-state index contributed by atoms with van der Waals surface area (Å²) >= 11 is 0. The average molecular weight is 337 g/mol. The minimum atomic E-state index is -0.139. The van der Waals surface area contributed by atoms with Crippen LogP contribution in [0.4, 0.5) is 0 Å². The summed E-state index contributed by atoms with van der Waals surface area (Å²) in [5.41, 5.74) is 0.881. The molecule has 3 aliphatic carbocycles. The predicted octanol–water partition coefficient (Wildman–Crippen LogP) is 1.88. The van der Waals surface area contributed by atoms with Crippen LogP contribution in [0.2, 0.25) is 0 Å². The molecule has 3 heteroatoms. The first kappa shape index (κ1) is 17.3. The van der Waals surface area contributed by atoms with E-state index in [0.29, 0.717) is 23.4 Å².